The summed E-state index contributed by atoms with van der Waals surface area (Å²) in [4.78, 5) is 0. The van der Waals surface area contributed by atoms with Gasteiger partial charge in [0.2, 0.25) is 0 Å². The Labute approximate surface area is 72.0 Å². The number of aromatic nitrogens is 2. The fraction of sp³-hybridized carbons (Fsp3) is 0.571. The van der Waals surface area contributed by atoms with Crippen LogP contribution < -0.4 is 5.46 Å². The van der Waals surface area contributed by atoms with Crippen molar-refractivity contribution < 1.29 is 10.0 Å². The Hall–Kier alpha value is -0.805. The van der Waals surface area contributed by atoms with Gasteiger partial charge in [0.05, 0.1) is 5.69 Å². The molecule has 0 unspecified atom stereocenters. The lowest BCUT2D eigenvalue weighted by molar-refractivity contribution is 0.425. The van der Waals surface area contributed by atoms with Crippen LogP contribution in [0.1, 0.15) is 19.0 Å². The zero-order valence-corrected chi connectivity index (χ0v) is 7.36. The van der Waals surface area contributed by atoms with Crippen LogP contribution in [0.25, 0.3) is 0 Å². The number of hydrogen-bond acceptors (Lipinski definition) is 3. The van der Waals surface area contributed by atoms with Gasteiger partial charge in [-0.3, -0.25) is 4.68 Å². The minimum absolute atomic E-state index is 0.489. The standard InChI is InChI=1S/C7H13BN2O2/c1-3-4-10-5-7(8(11)12)6(2)9-10/h5,11-12H,3-4H2,1-2H3. The molecule has 0 saturated heterocycles. The predicted molar refractivity (Wildman–Crippen MR) is 47.1 cm³/mol. The lowest BCUT2D eigenvalue weighted by Gasteiger charge is -1.94. The van der Waals surface area contributed by atoms with E-state index < -0.39 is 7.12 Å². The minimum atomic E-state index is -1.41. The molecular weight excluding hydrogens is 155 g/mol. The molecule has 12 heavy (non-hydrogen) atoms. The Morgan fingerprint density at radius 1 is 1.58 bits per heavy atom. The van der Waals surface area contributed by atoms with Gasteiger partial charge in [-0.15, -0.1) is 0 Å². The summed E-state index contributed by atoms with van der Waals surface area (Å²) < 4.78 is 1.73. The summed E-state index contributed by atoms with van der Waals surface area (Å²) in [7, 11) is -1.41. The maximum Gasteiger partial charge on any atom is 0.491 e. The molecule has 1 aromatic heterocycles. The molecule has 0 aliphatic rings. The van der Waals surface area contributed by atoms with Gasteiger partial charge in [-0.1, -0.05) is 6.92 Å². The van der Waals surface area contributed by atoms with E-state index in [0.29, 0.717) is 11.2 Å². The molecule has 0 amide bonds. The largest absolute Gasteiger partial charge is 0.491 e. The molecule has 4 nitrogen and oxygen atoms in total. The maximum absolute atomic E-state index is 8.89. The van der Waals surface area contributed by atoms with Gasteiger partial charge in [0.25, 0.3) is 0 Å². The van der Waals surface area contributed by atoms with Crippen molar-refractivity contribution in [2.75, 3.05) is 0 Å². The molecule has 0 spiro atoms. The Balaban J connectivity index is 2.85. The van der Waals surface area contributed by atoms with Crippen LogP contribution in [0.15, 0.2) is 6.20 Å². The van der Waals surface area contributed by atoms with E-state index in [9.17, 15) is 0 Å². The van der Waals surface area contributed by atoms with Crippen molar-refractivity contribution in [3.05, 3.63) is 11.9 Å². The summed E-state index contributed by atoms with van der Waals surface area (Å²) in [5.74, 6) is 0. The van der Waals surface area contributed by atoms with Crippen LogP contribution in [0.5, 0.6) is 0 Å². The molecule has 0 atom stereocenters. The first-order valence-corrected chi connectivity index (χ1v) is 4.05. The van der Waals surface area contributed by atoms with Crippen LogP contribution in [0.3, 0.4) is 0 Å². The summed E-state index contributed by atoms with van der Waals surface area (Å²) in [5, 5.41) is 21.9. The zero-order valence-electron chi connectivity index (χ0n) is 7.36. The SMILES string of the molecule is CCCn1cc(B(O)O)c(C)n1. The summed E-state index contributed by atoms with van der Waals surface area (Å²) in [6.07, 6.45) is 2.66. The average Bonchev–Trinajstić information content (AvgIpc) is 2.32. The monoisotopic (exact) mass is 168 g/mol. The molecule has 1 aromatic rings. The van der Waals surface area contributed by atoms with Crippen molar-refractivity contribution in [2.24, 2.45) is 0 Å². The van der Waals surface area contributed by atoms with E-state index >= 15 is 0 Å². The van der Waals surface area contributed by atoms with Crippen LogP contribution in [0.2, 0.25) is 0 Å². The molecular formula is C7H13BN2O2. The van der Waals surface area contributed by atoms with Gasteiger partial charge >= 0.3 is 7.12 Å². The van der Waals surface area contributed by atoms with Gasteiger partial charge < -0.3 is 10.0 Å². The quantitative estimate of drug-likeness (QED) is 0.585. The van der Waals surface area contributed by atoms with Crippen molar-refractivity contribution in [3.8, 4) is 0 Å². The van der Waals surface area contributed by atoms with E-state index in [1.54, 1.807) is 17.8 Å². The number of nitrogens with zero attached hydrogens (tertiary/aromatic N) is 2. The highest BCUT2D eigenvalue weighted by Gasteiger charge is 2.16. The fourth-order valence-corrected chi connectivity index (χ4v) is 1.13. The van der Waals surface area contributed by atoms with E-state index in [2.05, 4.69) is 5.10 Å². The first-order chi connectivity index (χ1) is 5.65. The molecule has 1 rings (SSSR count). The second-order valence-corrected chi connectivity index (χ2v) is 2.81. The lowest BCUT2D eigenvalue weighted by atomic mass is 9.81. The number of rotatable bonds is 3. The van der Waals surface area contributed by atoms with E-state index in [4.69, 9.17) is 10.0 Å². The molecule has 1 heterocycles. The lowest BCUT2D eigenvalue weighted by Crippen LogP contribution is -2.30. The third-order valence-electron chi connectivity index (χ3n) is 1.72. The highest BCUT2D eigenvalue weighted by molar-refractivity contribution is 6.59. The van der Waals surface area contributed by atoms with Crippen molar-refractivity contribution in [1.29, 1.82) is 0 Å². The Bertz CT molecular complexity index is 260. The van der Waals surface area contributed by atoms with Gasteiger partial charge in [-0.2, -0.15) is 5.10 Å². The Kier molecular flexibility index (Phi) is 2.89. The van der Waals surface area contributed by atoms with Gasteiger partial charge in [0.15, 0.2) is 0 Å². The van der Waals surface area contributed by atoms with Gasteiger partial charge in [-0.25, -0.2) is 0 Å². The van der Waals surface area contributed by atoms with Crippen molar-refractivity contribution in [2.45, 2.75) is 26.8 Å². The van der Waals surface area contributed by atoms with Crippen LogP contribution >= 0.6 is 0 Å². The second kappa shape index (κ2) is 3.73. The van der Waals surface area contributed by atoms with Crippen LogP contribution in [0.4, 0.5) is 0 Å². The van der Waals surface area contributed by atoms with E-state index in [-0.39, 0.29) is 0 Å². The normalized spacial score (nSPS) is 10.3. The minimum Gasteiger partial charge on any atom is -0.423 e. The zero-order chi connectivity index (χ0) is 9.14. The topological polar surface area (TPSA) is 58.3 Å². The number of hydrogen-bond donors (Lipinski definition) is 2. The Morgan fingerprint density at radius 3 is 2.67 bits per heavy atom. The molecule has 0 aliphatic carbocycles. The molecule has 0 aliphatic heterocycles. The predicted octanol–water partition coefficient (Wildman–Crippen LogP) is -0.719. The Morgan fingerprint density at radius 2 is 2.25 bits per heavy atom. The summed E-state index contributed by atoms with van der Waals surface area (Å²) >= 11 is 0. The summed E-state index contributed by atoms with van der Waals surface area (Å²) in [6.45, 7) is 4.63. The van der Waals surface area contributed by atoms with Crippen LogP contribution in [-0.4, -0.2) is 26.9 Å². The molecule has 0 saturated carbocycles. The third kappa shape index (κ3) is 1.87. The van der Waals surface area contributed by atoms with Crippen molar-refractivity contribution in [3.63, 3.8) is 0 Å². The van der Waals surface area contributed by atoms with Crippen molar-refractivity contribution >= 4 is 12.6 Å². The fourth-order valence-electron chi connectivity index (χ4n) is 1.13. The van der Waals surface area contributed by atoms with E-state index in [1.165, 1.54) is 0 Å². The molecule has 0 bridgehead atoms. The van der Waals surface area contributed by atoms with E-state index in [1.807, 2.05) is 6.92 Å². The van der Waals surface area contributed by atoms with Gasteiger partial charge in [0.1, 0.15) is 0 Å². The third-order valence-corrected chi connectivity index (χ3v) is 1.72. The number of aryl methyl sites for hydroxylation is 2. The molecule has 0 radical (unpaired) electrons. The first-order valence-electron chi connectivity index (χ1n) is 4.05. The van der Waals surface area contributed by atoms with Crippen LogP contribution in [0, 0.1) is 6.92 Å². The van der Waals surface area contributed by atoms with E-state index in [0.717, 1.165) is 13.0 Å². The molecule has 2 N–H and O–H groups in total. The summed E-state index contributed by atoms with van der Waals surface area (Å²) in [6, 6.07) is 0. The van der Waals surface area contributed by atoms with Crippen molar-refractivity contribution in [1.82, 2.24) is 9.78 Å². The van der Waals surface area contributed by atoms with Gasteiger partial charge in [-0.05, 0) is 13.3 Å². The molecule has 5 heteroatoms. The molecule has 0 fully saturated rings. The van der Waals surface area contributed by atoms with Gasteiger partial charge in [0, 0.05) is 18.2 Å². The second-order valence-electron chi connectivity index (χ2n) is 2.81. The highest BCUT2D eigenvalue weighted by atomic mass is 16.4. The molecule has 0 aromatic carbocycles. The maximum atomic E-state index is 8.89. The molecule has 66 valence electrons. The summed E-state index contributed by atoms with van der Waals surface area (Å²) in [5.41, 5.74) is 1.17. The highest BCUT2D eigenvalue weighted by Crippen LogP contribution is 1.93. The van der Waals surface area contributed by atoms with Crippen LogP contribution in [-0.2, 0) is 6.54 Å². The average molecular weight is 168 g/mol. The first kappa shape index (κ1) is 9.28. The smallest absolute Gasteiger partial charge is 0.423 e.